The summed E-state index contributed by atoms with van der Waals surface area (Å²) in [7, 11) is 0. The minimum atomic E-state index is -3.09. The van der Waals surface area contributed by atoms with Crippen molar-refractivity contribution in [2.45, 2.75) is 104 Å². The summed E-state index contributed by atoms with van der Waals surface area (Å²) in [6, 6.07) is -1.70. The van der Waals surface area contributed by atoms with Gasteiger partial charge < -0.3 is 95.4 Å². The molecule has 44 heavy (non-hydrogen) atoms. The second kappa shape index (κ2) is 15.2. The maximum absolute atomic E-state index is 12.6. The summed E-state index contributed by atoms with van der Waals surface area (Å²) >= 11 is 0. The molecule has 0 aromatic rings. The van der Waals surface area contributed by atoms with Crippen LogP contribution in [0.4, 0.5) is 0 Å². The highest BCUT2D eigenvalue weighted by Gasteiger charge is 2.60. The summed E-state index contributed by atoms with van der Waals surface area (Å²) in [4.78, 5) is 24.4. The second-order valence-electron chi connectivity index (χ2n) is 10.5. The van der Waals surface area contributed by atoms with Crippen LogP contribution in [0, 0.1) is 0 Å². The minimum Gasteiger partial charge on any atom is -0.477 e. The van der Waals surface area contributed by atoms with Crippen LogP contribution in [0.1, 0.15) is 6.42 Å². The molecule has 1 amide bonds. The Bertz CT molecular complexity index is 959. The number of hydrogen-bond donors (Lipinski definition) is 14. The van der Waals surface area contributed by atoms with E-state index in [1.165, 1.54) is 0 Å². The number of carbonyl (C=O) groups excluding carboxylic acids is 1. The maximum atomic E-state index is 12.6. The number of aliphatic hydroxyl groups is 12. The number of nitrogens with one attached hydrogen (secondary N) is 1. The van der Waals surface area contributed by atoms with Crippen LogP contribution in [0.2, 0.25) is 0 Å². The highest BCUT2D eigenvalue weighted by atomic mass is 16.8. The maximum Gasteiger partial charge on any atom is 0.364 e. The molecule has 0 radical (unpaired) electrons. The summed E-state index contributed by atoms with van der Waals surface area (Å²) in [5, 5.41) is 133. The monoisotopic (exact) mass is 649 g/mol. The normalized spacial score (nSPS) is 44.5. The van der Waals surface area contributed by atoms with Crippen molar-refractivity contribution in [2.24, 2.45) is 0 Å². The molecule has 3 aliphatic heterocycles. The van der Waals surface area contributed by atoms with Gasteiger partial charge in [0, 0.05) is 6.42 Å². The Morgan fingerprint density at radius 1 is 0.864 bits per heavy atom. The van der Waals surface area contributed by atoms with E-state index in [9.17, 15) is 70.9 Å². The molecule has 3 heterocycles. The molecule has 3 rings (SSSR count). The van der Waals surface area contributed by atoms with Crippen LogP contribution in [-0.4, -0.2) is 202 Å². The molecule has 0 aromatic carbocycles. The van der Waals surface area contributed by atoms with Crippen LogP contribution in [-0.2, 0) is 33.3 Å². The molecule has 14 N–H and O–H groups in total. The van der Waals surface area contributed by atoms with Gasteiger partial charge in [0.25, 0.3) is 5.79 Å². The smallest absolute Gasteiger partial charge is 0.364 e. The van der Waals surface area contributed by atoms with Crippen molar-refractivity contribution in [3.05, 3.63) is 0 Å². The lowest BCUT2D eigenvalue weighted by atomic mass is 9.88. The average molecular weight is 650 g/mol. The zero-order valence-electron chi connectivity index (χ0n) is 22.9. The Morgan fingerprint density at radius 3 is 2.05 bits per heavy atom. The van der Waals surface area contributed by atoms with Crippen LogP contribution in [0.15, 0.2) is 0 Å². The van der Waals surface area contributed by atoms with E-state index in [4.69, 9.17) is 28.8 Å². The molecule has 0 aromatic heterocycles. The van der Waals surface area contributed by atoms with Crippen LogP contribution in [0.5, 0.6) is 0 Å². The molecular weight excluding hydrogens is 610 g/mol. The minimum absolute atomic E-state index is 0.883. The van der Waals surface area contributed by atoms with Gasteiger partial charge in [0.2, 0.25) is 5.91 Å². The molecule has 16 atom stereocenters. The van der Waals surface area contributed by atoms with E-state index in [0.717, 1.165) is 0 Å². The van der Waals surface area contributed by atoms with Gasteiger partial charge in [-0.3, -0.25) is 4.79 Å². The molecule has 0 saturated carbocycles. The summed E-state index contributed by atoms with van der Waals surface area (Å²) in [6.45, 7) is -4.07. The average Bonchev–Trinajstić information content (AvgIpc) is 3.00. The molecule has 0 bridgehead atoms. The van der Waals surface area contributed by atoms with Crippen molar-refractivity contribution in [1.82, 2.24) is 5.32 Å². The second-order valence-corrected chi connectivity index (χ2v) is 10.5. The third-order valence-electron chi connectivity index (χ3n) is 7.57. The molecule has 3 saturated heterocycles. The number of ether oxygens (including phenoxy) is 5. The number of amides is 1. The number of aliphatic hydroxyl groups excluding tert-OH is 12. The van der Waals surface area contributed by atoms with Crippen LogP contribution in [0.25, 0.3) is 0 Å². The van der Waals surface area contributed by atoms with Gasteiger partial charge >= 0.3 is 5.97 Å². The van der Waals surface area contributed by atoms with Crippen molar-refractivity contribution in [3.8, 4) is 0 Å². The van der Waals surface area contributed by atoms with E-state index in [-0.39, 0.29) is 0 Å². The number of carboxylic acid groups (broad SMARTS) is 1. The van der Waals surface area contributed by atoms with E-state index >= 15 is 0 Å². The largest absolute Gasteiger partial charge is 0.477 e. The predicted molar refractivity (Wildman–Crippen MR) is 131 cm³/mol. The molecule has 21 heteroatoms. The van der Waals surface area contributed by atoms with Crippen molar-refractivity contribution < 1.29 is 99.7 Å². The quantitative estimate of drug-likeness (QED) is 0.0932. The van der Waals surface area contributed by atoms with Crippen molar-refractivity contribution in [2.75, 3.05) is 26.4 Å². The Balaban J connectivity index is 1.95. The Morgan fingerprint density at radius 2 is 1.50 bits per heavy atom. The van der Waals surface area contributed by atoms with Gasteiger partial charge in [-0.2, -0.15) is 0 Å². The lowest BCUT2D eigenvalue weighted by molar-refractivity contribution is -0.385. The Labute approximate surface area is 248 Å². The van der Waals surface area contributed by atoms with Gasteiger partial charge in [0.15, 0.2) is 12.6 Å². The molecule has 0 spiro atoms. The highest BCUT2D eigenvalue weighted by molar-refractivity contribution is 5.78. The third-order valence-corrected chi connectivity index (χ3v) is 7.57. The molecule has 3 fully saturated rings. The van der Waals surface area contributed by atoms with Crippen molar-refractivity contribution >= 4 is 11.9 Å². The number of rotatable bonds is 12. The van der Waals surface area contributed by atoms with Gasteiger partial charge in [-0.15, -0.1) is 0 Å². The first-order valence-electron chi connectivity index (χ1n) is 13.4. The zero-order valence-corrected chi connectivity index (χ0v) is 22.9. The van der Waals surface area contributed by atoms with Crippen molar-refractivity contribution in [3.63, 3.8) is 0 Å². The van der Waals surface area contributed by atoms with E-state index in [1.54, 1.807) is 0 Å². The van der Waals surface area contributed by atoms with Gasteiger partial charge in [-0.05, 0) is 0 Å². The van der Waals surface area contributed by atoms with Gasteiger partial charge in [-0.25, -0.2) is 4.79 Å². The fraction of sp³-hybridized carbons (Fsp3) is 0.913. The van der Waals surface area contributed by atoms with E-state index in [1.807, 2.05) is 0 Å². The summed E-state index contributed by atoms with van der Waals surface area (Å²) in [5.74, 6) is -6.21. The van der Waals surface area contributed by atoms with E-state index in [2.05, 4.69) is 5.32 Å². The highest BCUT2D eigenvalue weighted by Crippen LogP contribution is 2.38. The molecule has 0 aliphatic carbocycles. The topological polar surface area (TPSA) is 355 Å². The van der Waals surface area contributed by atoms with E-state index in [0.29, 0.717) is 0 Å². The first kappa shape index (κ1) is 36.7. The number of carbonyl (C=O) groups is 2. The lowest BCUT2D eigenvalue weighted by Gasteiger charge is -2.50. The van der Waals surface area contributed by atoms with E-state index < -0.39 is 142 Å². The zero-order chi connectivity index (χ0) is 33.1. The van der Waals surface area contributed by atoms with Crippen LogP contribution in [0.3, 0.4) is 0 Å². The number of aliphatic carboxylic acids is 1. The van der Waals surface area contributed by atoms with Crippen LogP contribution >= 0.6 is 0 Å². The van der Waals surface area contributed by atoms with Gasteiger partial charge in [-0.1, -0.05) is 0 Å². The Hall–Kier alpha value is -1.74. The SMILES string of the molecule is O=C(CO)N[C@H]1C([C@H](O)[C@H](O)CO)O[C@](O[C@H]2[C@@H](O)[C@@H](CO)O[C@H](O[C@@H]3[C@H](O)[C@@H](O)C(O)O[C@@H]3CO)[C@@H]2O)(C(=O)O)C[C@@H]1O. The molecule has 21 nitrogen and oxygen atoms in total. The first-order chi connectivity index (χ1) is 20.7. The van der Waals surface area contributed by atoms with Gasteiger partial charge in [0.05, 0.1) is 32.0 Å². The predicted octanol–water partition coefficient (Wildman–Crippen LogP) is -9.25. The lowest BCUT2D eigenvalue weighted by Crippen LogP contribution is -2.71. The van der Waals surface area contributed by atoms with Gasteiger partial charge in [0.1, 0.15) is 73.8 Å². The summed E-state index contributed by atoms with van der Waals surface area (Å²) in [6.07, 6.45) is -28.5. The molecule has 3 aliphatic rings. The number of hydrogen-bond acceptors (Lipinski definition) is 19. The number of carboxylic acids is 1. The Kier molecular flexibility index (Phi) is 12.7. The molecular formula is C23H39NO20. The fourth-order valence-electron chi connectivity index (χ4n) is 5.16. The van der Waals surface area contributed by atoms with Crippen LogP contribution < -0.4 is 5.32 Å². The fourth-order valence-corrected chi connectivity index (χ4v) is 5.16. The standard InChI is InChI=1S/C23H39NO20/c25-2-7(30)12(32)18-11(24-10(31)5-28)6(29)1-23(43-18,22(38)39)44-19-13(33)8(3-26)41-21(16(19)36)42-17-9(4-27)40-20(37)15(35)14(17)34/h6-9,11-21,25-30,32-37H,1-5H2,(H,24,31)(H,38,39)/t6-,7+,8+,9+,11+,12+,13-,14+,15+,16+,17-,18?,19-,20?,21+,23+/m0/s1. The van der Waals surface area contributed by atoms with Crippen molar-refractivity contribution in [1.29, 1.82) is 0 Å². The summed E-state index contributed by atoms with van der Waals surface area (Å²) in [5.41, 5.74) is 0. The first-order valence-corrected chi connectivity index (χ1v) is 13.4. The molecule has 2 unspecified atom stereocenters. The third kappa shape index (κ3) is 7.45. The summed E-state index contributed by atoms with van der Waals surface area (Å²) < 4.78 is 26.8. The molecule has 256 valence electrons.